The Morgan fingerprint density at radius 1 is 1.33 bits per heavy atom. The van der Waals surface area contributed by atoms with Crippen molar-refractivity contribution in [2.45, 2.75) is 18.6 Å². The molecule has 2 N–H and O–H groups in total. The van der Waals surface area contributed by atoms with Gasteiger partial charge in [-0.2, -0.15) is 0 Å². The molecule has 0 unspecified atom stereocenters. The fourth-order valence-electron chi connectivity index (χ4n) is 2.03. The molecule has 7 heteroatoms. The number of rotatable bonds is 5. The summed E-state index contributed by atoms with van der Waals surface area (Å²) >= 11 is 3.32. The van der Waals surface area contributed by atoms with Crippen LogP contribution in [0.5, 0.6) is 0 Å². The first-order chi connectivity index (χ1) is 10.1. The number of halogens is 1. The Morgan fingerprint density at radius 2 is 2.05 bits per heavy atom. The molecule has 2 atom stereocenters. The number of amides is 1. The molecule has 1 amide bonds. The fourth-order valence-corrected chi connectivity index (χ4v) is 2.29. The summed E-state index contributed by atoms with van der Waals surface area (Å²) in [6, 6.07) is 6.55. The number of nitrogens with one attached hydrogen (secondary N) is 1. The minimum atomic E-state index is -0.982. The summed E-state index contributed by atoms with van der Waals surface area (Å²) in [5.74, 6) is -1.34. The average Bonchev–Trinajstić information content (AvgIpc) is 2.48. The highest BCUT2D eigenvalue weighted by atomic mass is 79.9. The molecule has 0 aromatic heterocycles. The van der Waals surface area contributed by atoms with Crippen LogP contribution in [0.3, 0.4) is 0 Å². The third-order valence-corrected chi connectivity index (χ3v) is 3.60. The zero-order chi connectivity index (χ0) is 15.2. The van der Waals surface area contributed by atoms with Gasteiger partial charge in [-0.25, -0.2) is 0 Å². The molecule has 1 aliphatic heterocycles. The van der Waals surface area contributed by atoms with Crippen molar-refractivity contribution in [3.63, 3.8) is 0 Å². The van der Waals surface area contributed by atoms with E-state index in [4.69, 9.17) is 14.6 Å². The van der Waals surface area contributed by atoms with Crippen LogP contribution in [-0.4, -0.2) is 42.9 Å². The predicted molar refractivity (Wildman–Crippen MR) is 77.8 cm³/mol. The summed E-state index contributed by atoms with van der Waals surface area (Å²) in [5.41, 5.74) is 0.727. The molecular formula is C14H16BrNO5. The van der Waals surface area contributed by atoms with E-state index in [1.165, 1.54) is 0 Å². The van der Waals surface area contributed by atoms with Crippen LogP contribution in [0.1, 0.15) is 18.0 Å². The van der Waals surface area contributed by atoms with Gasteiger partial charge in [0.1, 0.15) is 0 Å². The molecule has 0 aliphatic carbocycles. The number of carboxylic acids is 1. The van der Waals surface area contributed by atoms with Gasteiger partial charge in [0, 0.05) is 4.47 Å². The summed E-state index contributed by atoms with van der Waals surface area (Å²) in [4.78, 5) is 23.1. The molecule has 0 bridgehead atoms. The van der Waals surface area contributed by atoms with Crippen LogP contribution in [0.25, 0.3) is 0 Å². The van der Waals surface area contributed by atoms with Crippen LogP contribution in [-0.2, 0) is 19.1 Å². The Labute approximate surface area is 130 Å². The molecule has 0 saturated carbocycles. The van der Waals surface area contributed by atoms with Crippen molar-refractivity contribution in [3.8, 4) is 0 Å². The van der Waals surface area contributed by atoms with Gasteiger partial charge in [-0.15, -0.1) is 0 Å². The van der Waals surface area contributed by atoms with Crippen molar-refractivity contribution in [1.82, 2.24) is 5.32 Å². The van der Waals surface area contributed by atoms with E-state index >= 15 is 0 Å². The molecule has 1 aromatic carbocycles. The van der Waals surface area contributed by atoms with E-state index in [0.29, 0.717) is 13.2 Å². The Morgan fingerprint density at radius 3 is 2.62 bits per heavy atom. The van der Waals surface area contributed by atoms with Crippen LogP contribution in [0.15, 0.2) is 28.7 Å². The molecule has 1 aliphatic rings. The molecule has 0 spiro atoms. The van der Waals surface area contributed by atoms with E-state index in [-0.39, 0.29) is 18.9 Å². The second kappa shape index (κ2) is 7.53. The highest BCUT2D eigenvalue weighted by Gasteiger charge is 2.26. The SMILES string of the molecule is O=C(O)C[C@H](NC(=O)[C@H]1COCCO1)c1ccc(Br)cc1. The molecule has 0 radical (unpaired) electrons. The Kier molecular flexibility index (Phi) is 5.72. The van der Waals surface area contributed by atoms with Crippen molar-refractivity contribution in [2.24, 2.45) is 0 Å². The number of carbonyl (C=O) groups is 2. The maximum absolute atomic E-state index is 12.1. The lowest BCUT2D eigenvalue weighted by atomic mass is 10.0. The summed E-state index contributed by atoms with van der Waals surface area (Å²) in [5, 5.41) is 11.7. The molecule has 21 heavy (non-hydrogen) atoms. The van der Waals surface area contributed by atoms with E-state index in [1.54, 1.807) is 24.3 Å². The van der Waals surface area contributed by atoms with Crippen LogP contribution in [0.4, 0.5) is 0 Å². The number of benzene rings is 1. The van der Waals surface area contributed by atoms with E-state index < -0.39 is 18.1 Å². The number of ether oxygens (including phenoxy) is 2. The number of hydrogen-bond acceptors (Lipinski definition) is 4. The highest BCUT2D eigenvalue weighted by molar-refractivity contribution is 9.10. The summed E-state index contributed by atoms with van der Waals surface area (Å²) in [7, 11) is 0. The maximum Gasteiger partial charge on any atom is 0.305 e. The number of carboxylic acid groups (broad SMARTS) is 1. The van der Waals surface area contributed by atoms with E-state index in [9.17, 15) is 9.59 Å². The van der Waals surface area contributed by atoms with Crippen molar-refractivity contribution in [1.29, 1.82) is 0 Å². The van der Waals surface area contributed by atoms with Gasteiger partial charge >= 0.3 is 5.97 Å². The molecule has 6 nitrogen and oxygen atoms in total. The van der Waals surface area contributed by atoms with Crippen LogP contribution in [0.2, 0.25) is 0 Å². The van der Waals surface area contributed by atoms with Crippen molar-refractivity contribution in [3.05, 3.63) is 34.3 Å². The lowest BCUT2D eigenvalue weighted by Crippen LogP contribution is -2.44. The largest absolute Gasteiger partial charge is 0.481 e. The topological polar surface area (TPSA) is 84.9 Å². The molecule has 1 fully saturated rings. The molecule has 1 aromatic rings. The lowest BCUT2D eigenvalue weighted by molar-refractivity contribution is -0.148. The zero-order valence-corrected chi connectivity index (χ0v) is 12.8. The minimum Gasteiger partial charge on any atom is -0.481 e. The van der Waals surface area contributed by atoms with Crippen LogP contribution >= 0.6 is 15.9 Å². The number of aliphatic carboxylic acids is 1. The van der Waals surface area contributed by atoms with Crippen molar-refractivity contribution in [2.75, 3.05) is 19.8 Å². The Hall–Kier alpha value is -1.44. The normalized spacial score (nSPS) is 19.8. The van der Waals surface area contributed by atoms with Crippen molar-refractivity contribution >= 4 is 27.8 Å². The fraction of sp³-hybridized carbons (Fsp3) is 0.429. The van der Waals surface area contributed by atoms with Gasteiger partial charge in [0.15, 0.2) is 6.10 Å². The first-order valence-electron chi connectivity index (χ1n) is 6.53. The monoisotopic (exact) mass is 357 g/mol. The van der Waals surface area contributed by atoms with Crippen LogP contribution < -0.4 is 5.32 Å². The van der Waals surface area contributed by atoms with E-state index in [2.05, 4.69) is 21.2 Å². The predicted octanol–water partition coefficient (Wildman–Crippen LogP) is 1.50. The molecule has 114 valence electrons. The third kappa shape index (κ3) is 4.80. The smallest absolute Gasteiger partial charge is 0.305 e. The second-order valence-electron chi connectivity index (χ2n) is 4.64. The molecular weight excluding hydrogens is 342 g/mol. The van der Waals surface area contributed by atoms with Gasteiger partial charge in [0.2, 0.25) is 0 Å². The first kappa shape index (κ1) is 15.9. The van der Waals surface area contributed by atoms with E-state index in [0.717, 1.165) is 10.0 Å². The van der Waals surface area contributed by atoms with Gasteiger partial charge in [0.25, 0.3) is 5.91 Å². The van der Waals surface area contributed by atoms with Crippen molar-refractivity contribution < 1.29 is 24.2 Å². The summed E-state index contributed by atoms with van der Waals surface area (Å²) < 4.78 is 11.4. The Bertz CT molecular complexity index is 499. The molecule has 2 rings (SSSR count). The van der Waals surface area contributed by atoms with Gasteiger partial charge in [-0.3, -0.25) is 9.59 Å². The van der Waals surface area contributed by atoms with Gasteiger partial charge < -0.3 is 19.9 Å². The molecule has 1 saturated heterocycles. The van der Waals surface area contributed by atoms with Gasteiger partial charge in [0.05, 0.1) is 32.3 Å². The van der Waals surface area contributed by atoms with Gasteiger partial charge in [-0.05, 0) is 17.7 Å². The Balaban J connectivity index is 2.06. The lowest BCUT2D eigenvalue weighted by Gasteiger charge is -2.25. The standard InChI is InChI=1S/C14H16BrNO5/c15-10-3-1-9(2-4-10)11(7-13(17)18)16-14(19)12-8-20-5-6-21-12/h1-4,11-12H,5-8H2,(H,16,19)(H,17,18)/t11-,12+/m0/s1. The number of carbonyl (C=O) groups excluding carboxylic acids is 1. The second-order valence-corrected chi connectivity index (χ2v) is 5.56. The quantitative estimate of drug-likeness (QED) is 0.833. The van der Waals surface area contributed by atoms with E-state index in [1.807, 2.05) is 0 Å². The summed E-state index contributed by atoms with van der Waals surface area (Å²) in [6.07, 6.45) is -0.883. The maximum atomic E-state index is 12.1. The average molecular weight is 358 g/mol. The first-order valence-corrected chi connectivity index (χ1v) is 7.32. The third-order valence-electron chi connectivity index (χ3n) is 3.08. The molecule has 1 heterocycles. The number of hydrogen-bond donors (Lipinski definition) is 2. The minimum absolute atomic E-state index is 0.186. The summed E-state index contributed by atoms with van der Waals surface area (Å²) in [6.45, 7) is 1.01. The van der Waals surface area contributed by atoms with Crippen LogP contribution in [0, 0.1) is 0 Å². The van der Waals surface area contributed by atoms with Gasteiger partial charge in [-0.1, -0.05) is 28.1 Å². The zero-order valence-electron chi connectivity index (χ0n) is 11.3. The highest BCUT2D eigenvalue weighted by Crippen LogP contribution is 2.20.